The SMILES string of the molecule is Cc1cc2c3c(c1)N(C14C=CC(C(C)(C)C)=CC1C4)c1ccc(C(C)(C)C)cc1B3c1ccc(C3c4ccccc4C4(C)CCCCCCC34C)cc1N2c1ccc(C(C)(C)C)cc1. The summed E-state index contributed by atoms with van der Waals surface area (Å²) < 4.78 is 0. The lowest BCUT2D eigenvalue weighted by Gasteiger charge is -2.48. The van der Waals surface area contributed by atoms with E-state index >= 15 is 0 Å². The van der Waals surface area contributed by atoms with Gasteiger partial charge in [0.25, 0.3) is 6.71 Å². The molecule has 5 aromatic carbocycles. The van der Waals surface area contributed by atoms with Gasteiger partial charge in [-0.2, -0.15) is 0 Å². The van der Waals surface area contributed by atoms with Crippen molar-refractivity contribution >= 4 is 51.5 Å². The lowest BCUT2D eigenvalue weighted by atomic mass is 9.33. The molecule has 2 nitrogen and oxygen atoms in total. The lowest BCUT2D eigenvalue weighted by molar-refractivity contribution is 0.113. The summed E-state index contributed by atoms with van der Waals surface area (Å²) in [6.07, 6.45) is 16.6. The first-order valence-electron chi connectivity index (χ1n) is 24.9. The normalized spacial score (nSPS) is 26.8. The molecule has 2 saturated carbocycles. The van der Waals surface area contributed by atoms with E-state index in [4.69, 9.17) is 0 Å². The number of aryl methyl sites for hydroxylation is 1. The average Bonchev–Trinajstić information content (AvgIpc) is 3.94. The van der Waals surface area contributed by atoms with Crippen LogP contribution in [0.1, 0.15) is 160 Å². The maximum Gasteiger partial charge on any atom is 0.252 e. The van der Waals surface area contributed by atoms with E-state index in [0.29, 0.717) is 11.8 Å². The van der Waals surface area contributed by atoms with Crippen molar-refractivity contribution in [3.05, 3.63) is 154 Å². The van der Waals surface area contributed by atoms with Crippen LogP contribution in [0, 0.1) is 23.7 Å². The first-order valence-corrected chi connectivity index (χ1v) is 24.9. The van der Waals surface area contributed by atoms with E-state index in [1.54, 1.807) is 11.1 Å². The quantitative estimate of drug-likeness (QED) is 0.164. The van der Waals surface area contributed by atoms with Gasteiger partial charge in [0.15, 0.2) is 0 Å². The molecule has 0 N–H and O–H groups in total. The standard InChI is InChI=1S/C61H71BN2/c1-39-33-52-55-53(34-39)64(61-32-29-43(58(8,9)10)36-44(61)38-61)50-28-24-42(57(5,6)7)37-49(50)62(55)48-27-21-40(35-51(48)63(52)45-25-22-41(23-26-45)56(2,3)4)54-46-19-15-16-20-47(46)59(11)30-17-13-14-18-31-60(54,59)12/h15-16,19-29,32-37,44,54H,13-14,17-18,30-31,38H2,1-12H3. The van der Waals surface area contributed by atoms with Crippen LogP contribution < -0.4 is 26.2 Å². The van der Waals surface area contributed by atoms with Crippen LogP contribution in [0.4, 0.5) is 28.4 Å². The molecule has 6 aliphatic rings. The Bertz CT molecular complexity index is 2780. The van der Waals surface area contributed by atoms with Crippen molar-refractivity contribution < 1.29 is 0 Å². The number of benzene rings is 5. The van der Waals surface area contributed by atoms with Gasteiger partial charge in [-0.3, -0.25) is 0 Å². The Labute approximate surface area is 386 Å². The van der Waals surface area contributed by atoms with E-state index in [1.807, 2.05) is 0 Å². The summed E-state index contributed by atoms with van der Waals surface area (Å²) in [4.78, 5) is 5.49. The fourth-order valence-electron chi connectivity index (χ4n) is 13.6. The van der Waals surface area contributed by atoms with Gasteiger partial charge in [0.05, 0.1) is 5.54 Å². The molecule has 3 heteroatoms. The predicted octanol–water partition coefficient (Wildman–Crippen LogP) is 14.4. The Hall–Kier alpha value is -4.76. The molecule has 0 radical (unpaired) electrons. The Morgan fingerprint density at radius 2 is 1.31 bits per heavy atom. The van der Waals surface area contributed by atoms with E-state index in [1.165, 1.54) is 111 Å². The number of anilines is 5. The number of hydrogen-bond donors (Lipinski definition) is 0. The number of hydrogen-bond acceptors (Lipinski definition) is 2. The van der Waals surface area contributed by atoms with Gasteiger partial charge >= 0.3 is 0 Å². The molecule has 5 aromatic rings. The maximum absolute atomic E-state index is 2.81. The summed E-state index contributed by atoms with van der Waals surface area (Å²) in [7, 11) is 0. The minimum absolute atomic E-state index is 0.0173. The zero-order valence-corrected chi connectivity index (χ0v) is 41.0. The van der Waals surface area contributed by atoms with Gasteiger partial charge in [-0.25, -0.2) is 0 Å². The van der Waals surface area contributed by atoms with Crippen LogP contribution in [-0.2, 0) is 16.2 Å². The monoisotopic (exact) mass is 843 g/mol. The molecule has 64 heavy (non-hydrogen) atoms. The van der Waals surface area contributed by atoms with Gasteiger partial charge in [0.1, 0.15) is 0 Å². The molecule has 5 unspecified atom stereocenters. The van der Waals surface area contributed by atoms with Gasteiger partial charge in [-0.05, 0) is 145 Å². The first-order chi connectivity index (χ1) is 30.2. The summed E-state index contributed by atoms with van der Waals surface area (Å²) in [6, 6.07) is 39.6. The predicted molar refractivity (Wildman–Crippen MR) is 275 cm³/mol. The first kappa shape index (κ1) is 41.9. The number of rotatable bonds is 3. The highest BCUT2D eigenvalue weighted by molar-refractivity contribution is 7.00. The molecule has 4 aliphatic carbocycles. The van der Waals surface area contributed by atoms with Crippen LogP contribution in [-0.4, -0.2) is 12.3 Å². The van der Waals surface area contributed by atoms with Crippen LogP contribution in [0.3, 0.4) is 0 Å². The van der Waals surface area contributed by atoms with E-state index in [-0.39, 0.29) is 39.3 Å². The molecule has 0 aromatic heterocycles. The Morgan fingerprint density at radius 3 is 2.02 bits per heavy atom. The molecular weight excluding hydrogens is 771 g/mol. The highest BCUT2D eigenvalue weighted by atomic mass is 15.3. The van der Waals surface area contributed by atoms with E-state index in [9.17, 15) is 0 Å². The number of allylic oxidation sites excluding steroid dienone is 2. The third kappa shape index (κ3) is 6.03. The fourth-order valence-corrected chi connectivity index (χ4v) is 13.6. The zero-order chi connectivity index (χ0) is 44.9. The average molecular weight is 843 g/mol. The molecular formula is C61H71BN2. The molecule has 0 spiro atoms. The second kappa shape index (κ2) is 13.9. The Balaban J connectivity index is 1.17. The van der Waals surface area contributed by atoms with Crippen LogP contribution >= 0.6 is 0 Å². The third-order valence-corrected chi connectivity index (χ3v) is 17.6. The number of nitrogens with zero attached hydrogens (tertiary/aromatic N) is 2. The zero-order valence-electron chi connectivity index (χ0n) is 41.0. The van der Waals surface area contributed by atoms with Gasteiger partial charge in [0.2, 0.25) is 0 Å². The van der Waals surface area contributed by atoms with Crippen LogP contribution in [0.15, 0.2) is 121 Å². The van der Waals surface area contributed by atoms with Gasteiger partial charge in [-0.1, -0.05) is 181 Å². The third-order valence-electron chi connectivity index (χ3n) is 17.6. The van der Waals surface area contributed by atoms with Crippen molar-refractivity contribution in [2.24, 2.45) is 16.7 Å². The molecule has 0 amide bonds. The van der Waals surface area contributed by atoms with Crippen molar-refractivity contribution in [2.75, 3.05) is 9.80 Å². The summed E-state index contributed by atoms with van der Waals surface area (Å²) >= 11 is 0. The van der Waals surface area contributed by atoms with E-state index in [2.05, 4.69) is 208 Å². The molecule has 2 aliphatic heterocycles. The smallest absolute Gasteiger partial charge is 0.252 e. The Kier molecular flexibility index (Phi) is 9.09. The second-order valence-corrected chi connectivity index (χ2v) is 24.7. The minimum Gasteiger partial charge on any atom is -0.332 e. The fraction of sp³-hybridized carbons (Fsp3) is 0.443. The topological polar surface area (TPSA) is 6.48 Å². The van der Waals surface area contributed by atoms with E-state index < -0.39 is 0 Å². The van der Waals surface area contributed by atoms with Crippen molar-refractivity contribution in [1.29, 1.82) is 0 Å². The highest BCUT2D eigenvalue weighted by Gasteiger charge is 2.61. The van der Waals surface area contributed by atoms with Crippen molar-refractivity contribution in [3.8, 4) is 0 Å². The second-order valence-electron chi connectivity index (χ2n) is 24.7. The Morgan fingerprint density at radius 1 is 0.625 bits per heavy atom. The summed E-state index contributed by atoms with van der Waals surface area (Å²) in [6.45, 7) is 28.9. The number of fused-ring (bicyclic) bond motifs is 8. The minimum atomic E-state index is -0.0852. The lowest BCUT2D eigenvalue weighted by Crippen LogP contribution is -2.63. The van der Waals surface area contributed by atoms with Gasteiger partial charge in [0, 0.05) is 40.3 Å². The highest BCUT2D eigenvalue weighted by Crippen LogP contribution is 2.66. The summed E-state index contributed by atoms with van der Waals surface area (Å²) in [5.74, 6) is 0.803. The summed E-state index contributed by atoms with van der Waals surface area (Å²) in [5, 5.41) is 0. The maximum atomic E-state index is 2.81. The molecule has 0 bridgehead atoms. The summed E-state index contributed by atoms with van der Waals surface area (Å²) in [5.41, 5.74) is 21.5. The van der Waals surface area contributed by atoms with Crippen LogP contribution in [0.25, 0.3) is 0 Å². The van der Waals surface area contributed by atoms with Crippen molar-refractivity contribution in [3.63, 3.8) is 0 Å². The molecule has 2 fully saturated rings. The molecule has 328 valence electrons. The van der Waals surface area contributed by atoms with Gasteiger partial charge < -0.3 is 9.80 Å². The largest absolute Gasteiger partial charge is 0.332 e. The van der Waals surface area contributed by atoms with Gasteiger partial charge in [-0.15, -0.1) is 0 Å². The molecule has 11 rings (SSSR count). The van der Waals surface area contributed by atoms with E-state index in [0.717, 1.165) is 6.42 Å². The molecule has 2 heterocycles. The van der Waals surface area contributed by atoms with Crippen LogP contribution in [0.2, 0.25) is 0 Å². The van der Waals surface area contributed by atoms with Crippen molar-refractivity contribution in [1.82, 2.24) is 0 Å². The van der Waals surface area contributed by atoms with Crippen molar-refractivity contribution in [2.45, 2.75) is 156 Å². The molecule has 5 atom stereocenters. The molecule has 0 saturated heterocycles. The van der Waals surface area contributed by atoms with Crippen LogP contribution in [0.5, 0.6) is 0 Å².